The minimum Gasteiger partial charge on any atom is -0.496 e. The lowest BCUT2D eigenvalue weighted by atomic mass is 10.1. The molecular weight excluding hydrogens is 204 g/mol. The van der Waals surface area contributed by atoms with E-state index >= 15 is 0 Å². The average molecular weight is 222 g/mol. The second-order valence-electron chi connectivity index (χ2n) is 4.29. The molecule has 2 rings (SSSR count). The van der Waals surface area contributed by atoms with E-state index in [0.717, 1.165) is 11.3 Å². The number of benzene rings is 1. The predicted octanol–water partition coefficient (Wildman–Crippen LogP) is 2.69. The molecule has 1 aromatic carbocycles. The lowest BCUT2D eigenvalue weighted by Gasteiger charge is -2.25. The summed E-state index contributed by atoms with van der Waals surface area (Å²) in [7, 11) is 1.66. The average Bonchev–Trinajstić information content (AvgIpc) is 2.54. The van der Waals surface area contributed by atoms with Gasteiger partial charge in [-0.1, -0.05) is 12.1 Å². The molecule has 0 radical (unpaired) electrons. The topological polar surface area (TPSA) is 27.7 Å². The smallest absolute Gasteiger partial charge is 0.196 e. The van der Waals surface area contributed by atoms with Crippen molar-refractivity contribution in [1.29, 1.82) is 0 Å². The molecule has 0 aliphatic carbocycles. The molecule has 2 unspecified atom stereocenters. The summed E-state index contributed by atoms with van der Waals surface area (Å²) in [5.41, 5.74) is 0.939. The van der Waals surface area contributed by atoms with Gasteiger partial charge in [-0.3, -0.25) is 0 Å². The molecule has 0 bridgehead atoms. The van der Waals surface area contributed by atoms with E-state index in [-0.39, 0.29) is 12.2 Å². The van der Waals surface area contributed by atoms with Crippen molar-refractivity contribution in [1.82, 2.24) is 0 Å². The normalized spacial score (nSPS) is 34.0. The summed E-state index contributed by atoms with van der Waals surface area (Å²) < 4.78 is 17.1. The third kappa shape index (κ3) is 1.81. The summed E-state index contributed by atoms with van der Waals surface area (Å²) >= 11 is 0. The molecule has 1 saturated heterocycles. The Morgan fingerprint density at radius 3 is 2.25 bits per heavy atom. The molecule has 1 aliphatic heterocycles. The Morgan fingerprint density at radius 2 is 1.69 bits per heavy atom. The molecule has 3 nitrogen and oxygen atoms in total. The molecule has 16 heavy (non-hydrogen) atoms. The van der Waals surface area contributed by atoms with Gasteiger partial charge in [-0.05, 0) is 32.9 Å². The van der Waals surface area contributed by atoms with Gasteiger partial charge in [0.25, 0.3) is 0 Å². The summed E-state index contributed by atoms with van der Waals surface area (Å²) in [6, 6.07) is 7.79. The fourth-order valence-corrected chi connectivity index (χ4v) is 2.08. The first kappa shape index (κ1) is 11.4. The monoisotopic (exact) mass is 222 g/mol. The molecule has 0 amide bonds. The van der Waals surface area contributed by atoms with Gasteiger partial charge < -0.3 is 14.2 Å². The summed E-state index contributed by atoms with van der Waals surface area (Å²) in [5.74, 6) is 0.0946. The third-order valence-corrected chi connectivity index (χ3v) is 3.08. The van der Waals surface area contributed by atoms with E-state index in [0.29, 0.717) is 0 Å². The van der Waals surface area contributed by atoms with E-state index in [9.17, 15) is 0 Å². The van der Waals surface area contributed by atoms with Crippen LogP contribution in [0, 0.1) is 0 Å². The molecular formula is C13H18O3. The molecule has 1 heterocycles. The van der Waals surface area contributed by atoms with Crippen molar-refractivity contribution in [2.24, 2.45) is 0 Å². The molecule has 1 aromatic rings. The van der Waals surface area contributed by atoms with Crippen LogP contribution in [-0.2, 0) is 15.3 Å². The van der Waals surface area contributed by atoms with Gasteiger partial charge in [0.2, 0.25) is 0 Å². The molecule has 1 aliphatic rings. The third-order valence-electron chi connectivity index (χ3n) is 3.08. The van der Waals surface area contributed by atoms with Crippen LogP contribution in [0.2, 0.25) is 0 Å². The van der Waals surface area contributed by atoms with E-state index in [1.54, 1.807) is 7.11 Å². The van der Waals surface area contributed by atoms with Gasteiger partial charge in [0.15, 0.2) is 5.79 Å². The van der Waals surface area contributed by atoms with Crippen LogP contribution in [-0.4, -0.2) is 19.3 Å². The Labute approximate surface area is 96.3 Å². The van der Waals surface area contributed by atoms with Crippen LogP contribution in [0.25, 0.3) is 0 Å². The Morgan fingerprint density at radius 1 is 1.12 bits per heavy atom. The number of methoxy groups -OCH3 is 1. The summed E-state index contributed by atoms with van der Waals surface area (Å²) in [6.45, 7) is 5.97. The minimum absolute atomic E-state index is 0.0925. The first-order chi connectivity index (χ1) is 7.57. The number of hydrogen-bond donors (Lipinski definition) is 0. The number of ether oxygens (including phenoxy) is 3. The Hall–Kier alpha value is -1.06. The lowest BCUT2D eigenvalue weighted by Crippen LogP contribution is -2.24. The van der Waals surface area contributed by atoms with E-state index in [1.807, 2.05) is 45.0 Å². The lowest BCUT2D eigenvalue weighted by molar-refractivity contribution is -0.167. The van der Waals surface area contributed by atoms with Gasteiger partial charge in [0.05, 0.1) is 24.9 Å². The van der Waals surface area contributed by atoms with Crippen molar-refractivity contribution in [2.75, 3.05) is 7.11 Å². The molecule has 0 spiro atoms. The molecule has 0 aromatic heterocycles. The van der Waals surface area contributed by atoms with Gasteiger partial charge in [0, 0.05) is 0 Å². The molecule has 1 fully saturated rings. The van der Waals surface area contributed by atoms with Crippen molar-refractivity contribution in [2.45, 2.75) is 38.8 Å². The van der Waals surface area contributed by atoms with Crippen LogP contribution in [0.5, 0.6) is 5.75 Å². The van der Waals surface area contributed by atoms with Crippen LogP contribution in [0.1, 0.15) is 26.3 Å². The minimum atomic E-state index is -0.703. The predicted molar refractivity (Wildman–Crippen MR) is 61.4 cm³/mol. The van der Waals surface area contributed by atoms with Gasteiger partial charge in [-0.2, -0.15) is 0 Å². The molecule has 0 N–H and O–H groups in total. The van der Waals surface area contributed by atoms with E-state index < -0.39 is 5.79 Å². The maximum atomic E-state index is 5.89. The first-order valence-electron chi connectivity index (χ1n) is 5.56. The highest BCUT2D eigenvalue weighted by Gasteiger charge is 2.43. The van der Waals surface area contributed by atoms with Crippen LogP contribution in [0.15, 0.2) is 24.3 Å². The second kappa shape index (κ2) is 4.07. The highest BCUT2D eigenvalue weighted by molar-refractivity contribution is 5.36. The molecule has 88 valence electrons. The highest BCUT2D eigenvalue weighted by atomic mass is 16.8. The highest BCUT2D eigenvalue weighted by Crippen LogP contribution is 2.40. The fraction of sp³-hybridized carbons (Fsp3) is 0.538. The quantitative estimate of drug-likeness (QED) is 0.770. The zero-order valence-corrected chi connectivity index (χ0v) is 10.2. The van der Waals surface area contributed by atoms with Crippen molar-refractivity contribution >= 4 is 0 Å². The zero-order chi connectivity index (χ0) is 11.8. The van der Waals surface area contributed by atoms with Crippen LogP contribution in [0.3, 0.4) is 0 Å². The molecule has 2 atom stereocenters. The van der Waals surface area contributed by atoms with Crippen LogP contribution < -0.4 is 4.74 Å². The fourth-order valence-electron chi connectivity index (χ4n) is 2.08. The SMILES string of the molecule is COc1ccccc1C1(C)OC(C)C(C)O1. The zero-order valence-electron chi connectivity index (χ0n) is 10.2. The van der Waals surface area contributed by atoms with Gasteiger partial charge >= 0.3 is 0 Å². The standard InChI is InChI=1S/C13H18O3/c1-9-10(2)16-13(3,15-9)11-7-5-6-8-12(11)14-4/h5-10H,1-4H3. The Kier molecular flexibility index (Phi) is 2.91. The number of rotatable bonds is 2. The maximum Gasteiger partial charge on any atom is 0.196 e. The number of para-hydroxylation sites is 1. The van der Waals surface area contributed by atoms with Crippen molar-refractivity contribution in [3.63, 3.8) is 0 Å². The Balaban J connectivity index is 2.37. The van der Waals surface area contributed by atoms with E-state index in [2.05, 4.69) is 0 Å². The summed E-state index contributed by atoms with van der Waals surface area (Å²) in [6.07, 6.45) is 0.185. The van der Waals surface area contributed by atoms with Gasteiger partial charge in [-0.15, -0.1) is 0 Å². The van der Waals surface area contributed by atoms with Crippen molar-refractivity contribution < 1.29 is 14.2 Å². The molecule has 0 saturated carbocycles. The summed E-state index contributed by atoms with van der Waals surface area (Å²) in [4.78, 5) is 0. The van der Waals surface area contributed by atoms with Crippen molar-refractivity contribution in [3.05, 3.63) is 29.8 Å². The van der Waals surface area contributed by atoms with Crippen LogP contribution in [0.4, 0.5) is 0 Å². The van der Waals surface area contributed by atoms with E-state index in [4.69, 9.17) is 14.2 Å². The van der Waals surface area contributed by atoms with E-state index in [1.165, 1.54) is 0 Å². The molecule has 3 heteroatoms. The van der Waals surface area contributed by atoms with Crippen LogP contribution >= 0.6 is 0 Å². The second-order valence-corrected chi connectivity index (χ2v) is 4.29. The largest absolute Gasteiger partial charge is 0.496 e. The van der Waals surface area contributed by atoms with Gasteiger partial charge in [-0.25, -0.2) is 0 Å². The maximum absolute atomic E-state index is 5.89. The summed E-state index contributed by atoms with van der Waals surface area (Å²) in [5, 5.41) is 0. The van der Waals surface area contributed by atoms with Gasteiger partial charge in [0.1, 0.15) is 5.75 Å². The van der Waals surface area contributed by atoms with Crippen molar-refractivity contribution in [3.8, 4) is 5.75 Å². The Bertz CT molecular complexity index is 365. The number of hydrogen-bond acceptors (Lipinski definition) is 3. The first-order valence-corrected chi connectivity index (χ1v) is 5.56.